The minimum absolute atomic E-state index is 0.0211. The zero-order valence-corrected chi connectivity index (χ0v) is 12.8. The van der Waals surface area contributed by atoms with Gasteiger partial charge in [-0.25, -0.2) is 0 Å². The molecule has 5 heteroatoms. The molecule has 0 bridgehead atoms. The monoisotopic (exact) mass is 311 g/mol. The van der Waals surface area contributed by atoms with Gasteiger partial charge in [-0.15, -0.1) is 0 Å². The number of esters is 1. The molecule has 118 valence electrons. The number of nitro benzene ring substituents is 1. The molecule has 0 aromatic heterocycles. The maximum Gasteiger partial charge on any atom is 0.318 e. The molecule has 1 unspecified atom stereocenters. The van der Waals surface area contributed by atoms with Gasteiger partial charge in [0.2, 0.25) is 0 Å². The van der Waals surface area contributed by atoms with Gasteiger partial charge in [0.05, 0.1) is 10.8 Å². The Kier molecular flexibility index (Phi) is 4.10. The molecule has 3 rings (SSSR count). The first-order chi connectivity index (χ1) is 11.1. The van der Waals surface area contributed by atoms with Gasteiger partial charge >= 0.3 is 5.97 Å². The van der Waals surface area contributed by atoms with E-state index >= 15 is 0 Å². The molecule has 0 fully saturated rings. The highest BCUT2D eigenvalue weighted by atomic mass is 16.6. The van der Waals surface area contributed by atoms with Gasteiger partial charge in [-0.1, -0.05) is 24.3 Å². The van der Waals surface area contributed by atoms with Gasteiger partial charge in [-0.05, 0) is 49.4 Å². The van der Waals surface area contributed by atoms with Crippen LogP contribution in [-0.2, 0) is 11.2 Å². The Morgan fingerprint density at radius 2 is 2.04 bits per heavy atom. The van der Waals surface area contributed by atoms with Crippen LogP contribution in [0, 0.1) is 17.0 Å². The highest BCUT2D eigenvalue weighted by Gasteiger charge is 2.28. The summed E-state index contributed by atoms with van der Waals surface area (Å²) in [5.74, 6) is -0.220. The van der Waals surface area contributed by atoms with Crippen molar-refractivity contribution in [1.29, 1.82) is 0 Å². The Bertz CT molecular complexity index is 769. The molecule has 2 aromatic rings. The van der Waals surface area contributed by atoms with Gasteiger partial charge in [0, 0.05) is 11.6 Å². The summed E-state index contributed by atoms with van der Waals surface area (Å²) in [6, 6.07) is 12.3. The Labute approximate surface area is 134 Å². The molecule has 0 radical (unpaired) electrons. The molecule has 1 aliphatic rings. The lowest BCUT2D eigenvalue weighted by Gasteiger charge is -2.23. The minimum atomic E-state index is -0.446. The summed E-state index contributed by atoms with van der Waals surface area (Å²) in [5.41, 5.74) is 2.72. The molecule has 0 amide bonds. The second-order valence-corrected chi connectivity index (χ2v) is 5.77. The summed E-state index contributed by atoms with van der Waals surface area (Å²) >= 11 is 0. The molecule has 23 heavy (non-hydrogen) atoms. The van der Waals surface area contributed by atoms with E-state index in [1.807, 2.05) is 24.3 Å². The van der Waals surface area contributed by atoms with Crippen molar-refractivity contribution in [2.24, 2.45) is 0 Å². The van der Waals surface area contributed by atoms with Gasteiger partial charge in [-0.3, -0.25) is 14.9 Å². The number of benzene rings is 2. The van der Waals surface area contributed by atoms with E-state index in [9.17, 15) is 14.9 Å². The Hall–Kier alpha value is -2.69. The molecule has 0 heterocycles. The summed E-state index contributed by atoms with van der Waals surface area (Å²) in [4.78, 5) is 22.9. The van der Waals surface area contributed by atoms with Crippen LogP contribution >= 0.6 is 0 Å². The molecule has 0 spiro atoms. The first-order valence-electron chi connectivity index (χ1n) is 7.61. The second-order valence-electron chi connectivity index (χ2n) is 5.77. The van der Waals surface area contributed by atoms with E-state index in [4.69, 9.17) is 4.74 Å². The zero-order chi connectivity index (χ0) is 16.4. The molecule has 5 nitrogen and oxygen atoms in total. The number of carbonyl (C=O) groups excluding carboxylic acids is 1. The normalized spacial score (nSPS) is 16.5. The van der Waals surface area contributed by atoms with Crippen LogP contribution in [-0.4, -0.2) is 10.9 Å². The Balaban J connectivity index is 1.80. The maximum atomic E-state index is 12.5. The summed E-state index contributed by atoms with van der Waals surface area (Å²) in [6.07, 6.45) is 2.70. The van der Waals surface area contributed by atoms with Crippen molar-refractivity contribution in [1.82, 2.24) is 0 Å². The molecule has 0 saturated heterocycles. The molecule has 0 saturated carbocycles. The van der Waals surface area contributed by atoms with Crippen LogP contribution in [0.4, 0.5) is 5.69 Å². The first-order valence-corrected chi connectivity index (χ1v) is 7.61. The third-order valence-electron chi connectivity index (χ3n) is 4.24. The van der Waals surface area contributed by atoms with Gasteiger partial charge in [0.15, 0.2) is 0 Å². The fourth-order valence-electron chi connectivity index (χ4n) is 3.08. The van der Waals surface area contributed by atoms with Gasteiger partial charge in [0.25, 0.3) is 5.69 Å². The third-order valence-corrected chi connectivity index (χ3v) is 4.24. The summed E-state index contributed by atoms with van der Waals surface area (Å²) in [5, 5.41) is 10.8. The molecule has 0 aliphatic heterocycles. The third kappa shape index (κ3) is 3.08. The second kappa shape index (κ2) is 6.20. The van der Waals surface area contributed by atoms with E-state index in [2.05, 4.69) is 0 Å². The standard InChI is InChI=1S/C18H17NO4/c1-12-11-14(9-10-17(12)19(21)22)23-18(20)16-8-4-6-13-5-2-3-7-15(13)16/h2-3,5,7,9-11,16H,4,6,8H2,1H3. The van der Waals surface area contributed by atoms with E-state index in [-0.39, 0.29) is 17.6 Å². The highest BCUT2D eigenvalue weighted by Crippen LogP contribution is 2.33. The van der Waals surface area contributed by atoms with Crippen LogP contribution in [0.2, 0.25) is 0 Å². The van der Waals surface area contributed by atoms with Crippen molar-refractivity contribution in [2.75, 3.05) is 0 Å². The van der Waals surface area contributed by atoms with Crippen molar-refractivity contribution in [3.05, 3.63) is 69.3 Å². The predicted octanol–water partition coefficient (Wildman–Crippen LogP) is 3.93. The number of carbonyl (C=O) groups is 1. The Morgan fingerprint density at radius 3 is 2.78 bits per heavy atom. The van der Waals surface area contributed by atoms with Crippen molar-refractivity contribution in [3.63, 3.8) is 0 Å². The van der Waals surface area contributed by atoms with Gasteiger partial charge in [-0.2, -0.15) is 0 Å². The Morgan fingerprint density at radius 1 is 1.26 bits per heavy atom. The maximum absolute atomic E-state index is 12.5. The lowest BCUT2D eigenvalue weighted by atomic mass is 9.83. The number of ether oxygens (including phenoxy) is 1. The van der Waals surface area contributed by atoms with Crippen LogP contribution in [0.3, 0.4) is 0 Å². The average Bonchev–Trinajstić information content (AvgIpc) is 2.54. The van der Waals surface area contributed by atoms with Crippen LogP contribution in [0.1, 0.15) is 35.4 Å². The summed E-state index contributed by atoms with van der Waals surface area (Å²) in [7, 11) is 0. The van der Waals surface area contributed by atoms with E-state index in [1.165, 1.54) is 23.8 Å². The molecular weight excluding hydrogens is 294 g/mol. The molecule has 1 aliphatic carbocycles. The molecular formula is C18H17NO4. The number of hydrogen-bond acceptors (Lipinski definition) is 4. The van der Waals surface area contributed by atoms with Crippen LogP contribution in [0.25, 0.3) is 0 Å². The number of aryl methyl sites for hydroxylation is 2. The molecule has 1 atom stereocenters. The fourth-order valence-corrected chi connectivity index (χ4v) is 3.08. The zero-order valence-electron chi connectivity index (χ0n) is 12.8. The lowest BCUT2D eigenvalue weighted by molar-refractivity contribution is -0.385. The van der Waals surface area contributed by atoms with Gasteiger partial charge < -0.3 is 4.74 Å². The van der Waals surface area contributed by atoms with E-state index in [0.717, 1.165) is 24.8 Å². The van der Waals surface area contributed by atoms with E-state index < -0.39 is 4.92 Å². The van der Waals surface area contributed by atoms with E-state index in [0.29, 0.717) is 11.3 Å². The smallest absolute Gasteiger partial charge is 0.318 e. The van der Waals surface area contributed by atoms with Crippen LogP contribution in [0.5, 0.6) is 5.75 Å². The predicted molar refractivity (Wildman–Crippen MR) is 85.6 cm³/mol. The highest BCUT2D eigenvalue weighted by molar-refractivity contribution is 5.81. The number of fused-ring (bicyclic) bond motifs is 1. The topological polar surface area (TPSA) is 69.4 Å². The van der Waals surface area contributed by atoms with E-state index in [1.54, 1.807) is 6.92 Å². The van der Waals surface area contributed by atoms with Crippen molar-refractivity contribution in [2.45, 2.75) is 32.1 Å². The molecule has 2 aromatic carbocycles. The van der Waals surface area contributed by atoms with Crippen molar-refractivity contribution < 1.29 is 14.5 Å². The number of nitrogens with zero attached hydrogens (tertiary/aromatic N) is 1. The van der Waals surface area contributed by atoms with Crippen LogP contribution in [0.15, 0.2) is 42.5 Å². The minimum Gasteiger partial charge on any atom is -0.426 e. The number of hydrogen-bond donors (Lipinski definition) is 0. The van der Waals surface area contributed by atoms with Crippen molar-refractivity contribution in [3.8, 4) is 5.75 Å². The fraction of sp³-hybridized carbons (Fsp3) is 0.278. The average molecular weight is 311 g/mol. The molecule has 0 N–H and O–H groups in total. The quantitative estimate of drug-likeness (QED) is 0.373. The first kappa shape index (κ1) is 15.2. The lowest BCUT2D eigenvalue weighted by Crippen LogP contribution is -2.23. The summed E-state index contributed by atoms with van der Waals surface area (Å²) < 4.78 is 5.46. The van der Waals surface area contributed by atoms with Crippen LogP contribution < -0.4 is 4.74 Å². The number of nitro groups is 1. The number of rotatable bonds is 3. The van der Waals surface area contributed by atoms with Crippen molar-refractivity contribution >= 4 is 11.7 Å². The SMILES string of the molecule is Cc1cc(OC(=O)C2CCCc3ccccc32)ccc1[N+](=O)[O-]. The largest absolute Gasteiger partial charge is 0.426 e. The van der Waals surface area contributed by atoms with Gasteiger partial charge in [0.1, 0.15) is 5.75 Å². The summed E-state index contributed by atoms with van der Waals surface area (Å²) in [6.45, 7) is 1.63.